The molecule has 0 radical (unpaired) electrons. The van der Waals surface area contributed by atoms with Gasteiger partial charge in [0.05, 0.1) is 24.4 Å². The van der Waals surface area contributed by atoms with Gasteiger partial charge in [0.15, 0.2) is 11.5 Å². The zero-order valence-corrected chi connectivity index (χ0v) is 17.1. The monoisotopic (exact) mass is 416 g/mol. The molecular formula is C23H20N4O4. The number of nitrogens with zero attached hydrogens (tertiary/aromatic N) is 4. The second-order valence-corrected chi connectivity index (χ2v) is 6.65. The Balaban J connectivity index is 2.08. The molecule has 0 saturated carbocycles. The predicted molar refractivity (Wildman–Crippen MR) is 114 cm³/mol. The summed E-state index contributed by atoms with van der Waals surface area (Å²) in [4.78, 5) is 25.7. The number of methoxy groups -OCH3 is 1. The van der Waals surface area contributed by atoms with E-state index in [-0.39, 0.29) is 41.4 Å². The molecule has 3 aromatic rings. The number of ether oxygens (including phenoxy) is 1. The molecule has 0 fully saturated rings. The van der Waals surface area contributed by atoms with Crippen LogP contribution in [0.4, 0.5) is 11.4 Å². The lowest BCUT2D eigenvalue weighted by atomic mass is 10.0. The summed E-state index contributed by atoms with van der Waals surface area (Å²) >= 11 is 0. The predicted octanol–water partition coefficient (Wildman–Crippen LogP) is 4.03. The Bertz CT molecular complexity index is 1240. The molecule has 0 amide bonds. The number of carbonyl (C=O) groups excluding carboxylic acids is 1. The summed E-state index contributed by atoms with van der Waals surface area (Å²) in [6.45, 7) is 1.71. The van der Waals surface area contributed by atoms with E-state index in [0.717, 1.165) is 4.57 Å². The number of ketones is 1. The van der Waals surface area contributed by atoms with Crippen LogP contribution in [-0.2, 0) is 11.3 Å². The minimum absolute atomic E-state index is 0.0434. The van der Waals surface area contributed by atoms with Crippen molar-refractivity contribution in [3.63, 3.8) is 0 Å². The number of hydrogen-bond donors (Lipinski definition) is 1. The number of benzene rings is 2. The van der Waals surface area contributed by atoms with Crippen LogP contribution < -0.4 is 5.56 Å². The van der Waals surface area contributed by atoms with Gasteiger partial charge in [0, 0.05) is 18.2 Å². The van der Waals surface area contributed by atoms with Crippen molar-refractivity contribution >= 4 is 17.2 Å². The first kappa shape index (κ1) is 21.6. The Morgan fingerprint density at radius 2 is 1.81 bits per heavy atom. The van der Waals surface area contributed by atoms with Gasteiger partial charge in [-0.1, -0.05) is 42.5 Å². The maximum atomic E-state index is 12.9. The zero-order valence-electron chi connectivity index (χ0n) is 17.1. The summed E-state index contributed by atoms with van der Waals surface area (Å²) in [5.74, 6) is -0.673. The van der Waals surface area contributed by atoms with Gasteiger partial charge in [0.2, 0.25) is 5.88 Å². The van der Waals surface area contributed by atoms with Crippen molar-refractivity contribution in [1.29, 1.82) is 5.26 Å². The highest BCUT2D eigenvalue weighted by atomic mass is 16.5. The summed E-state index contributed by atoms with van der Waals surface area (Å²) in [7, 11) is 1.46. The average Bonchev–Trinajstić information content (AvgIpc) is 2.79. The van der Waals surface area contributed by atoms with Crippen LogP contribution in [0, 0.1) is 18.3 Å². The second kappa shape index (κ2) is 9.61. The zero-order chi connectivity index (χ0) is 22.4. The molecule has 1 aromatic heterocycles. The summed E-state index contributed by atoms with van der Waals surface area (Å²) in [6, 6.07) is 17.3. The molecule has 8 heteroatoms. The van der Waals surface area contributed by atoms with Crippen molar-refractivity contribution in [2.45, 2.75) is 13.5 Å². The molecule has 0 aliphatic carbocycles. The van der Waals surface area contributed by atoms with E-state index < -0.39 is 11.4 Å². The third kappa shape index (κ3) is 4.42. The number of aromatic hydroxyl groups is 1. The highest BCUT2D eigenvalue weighted by Crippen LogP contribution is 2.28. The van der Waals surface area contributed by atoms with Crippen LogP contribution in [0.2, 0.25) is 0 Å². The molecule has 0 unspecified atom stereocenters. The Labute approximate surface area is 178 Å². The summed E-state index contributed by atoms with van der Waals surface area (Å²) in [5.41, 5.74) is 0.542. The van der Waals surface area contributed by atoms with E-state index in [1.54, 1.807) is 48.5 Å². The highest BCUT2D eigenvalue weighted by Gasteiger charge is 2.19. The van der Waals surface area contributed by atoms with Crippen LogP contribution in [0.25, 0.3) is 0 Å². The number of pyridine rings is 1. The van der Waals surface area contributed by atoms with Crippen molar-refractivity contribution in [2.24, 2.45) is 10.2 Å². The van der Waals surface area contributed by atoms with Crippen molar-refractivity contribution < 1.29 is 14.6 Å². The first-order chi connectivity index (χ1) is 15.0. The van der Waals surface area contributed by atoms with Crippen LogP contribution in [0.3, 0.4) is 0 Å². The third-order valence-corrected chi connectivity index (χ3v) is 4.73. The number of nitriles is 1. The lowest BCUT2D eigenvalue weighted by Gasteiger charge is -2.12. The van der Waals surface area contributed by atoms with Crippen LogP contribution in [0.1, 0.15) is 27.0 Å². The molecule has 1 heterocycles. The number of hydrogen-bond acceptors (Lipinski definition) is 7. The standard InChI is InChI=1S/C23H20N4O4/c1-15-18(14-24)22(29)27(12-13-31-2)23(30)20(15)26-25-19-11-7-6-10-17(19)21(28)16-8-4-3-5-9-16/h3-11,29H,12-13H2,1-2H3. The molecule has 0 atom stereocenters. The van der Waals surface area contributed by atoms with E-state index in [1.807, 2.05) is 12.1 Å². The second-order valence-electron chi connectivity index (χ2n) is 6.65. The van der Waals surface area contributed by atoms with E-state index >= 15 is 0 Å². The Kier molecular flexibility index (Phi) is 6.70. The van der Waals surface area contributed by atoms with Gasteiger partial charge < -0.3 is 9.84 Å². The van der Waals surface area contributed by atoms with E-state index in [0.29, 0.717) is 11.1 Å². The summed E-state index contributed by atoms with van der Waals surface area (Å²) in [5, 5.41) is 27.9. The fraction of sp³-hybridized carbons (Fsp3) is 0.174. The minimum atomic E-state index is -0.610. The van der Waals surface area contributed by atoms with Gasteiger partial charge in [-0.25, -0.2) is 0 Å². The van der Waals surface area contributed by atoms with Gasteiger partial charge in [0.1, 0.15) is 11.6 Å². The largest absolute Gasteiger partial charge is 0.493 e. The lowest BCUT2D eigenvalue weighted by Crippen LogP contribution is -2.23. The first-order valence-electron chi connectivity index (χ1n) is 9.45. The fourth-order valence-electron chi connectivity index (χ4n) is 3.05. The Hall–Kier alpha value is -4.09. The van der Waals surface area contributed by atoms with Crippen LogP contribution in [-0.4, -0.2) is 29.2 Å². The average molecular weight is 416 g/mol. The topological polar surface area (TPSA) is 117 Å². The van der Waals surface area contributed by atoms with E-state index in [2.05, 4.69) is 10.2 Å². The quantitative estimate of drug-likeness (QED) is 0.461. The lowest BCUT2D eigenvalue weighted by molar-refractivity contribution is 0.103. The van der Waals surface area contributed by atoms with E-state index in [1.165, 1.54) is 14.0 Å². The number of azo groups is 1. The number of rotatable bonds is 7. The minimum Gasteiger partial charge on any atom is -0.493 e. The molecule has 0 saturated heterocycles. The number of carbonyl (C=O) groups is 1. The number of aromatic nitrogens is 1. The van der Waals surface area contributed by atoms with Gasteiger partial charge in [-0.3, -0.25) is 14.2 Å². The van der Waals surface area contributed by atoms with Gasteiger partial charge in [-0.05, 0) is 19.1 Å². The van der Waals surface area contributed by atoms with E-state index in [9.17, 15) is 20.0 Å². The smallest absolute Gasteiger partial charge is 0.281 e. The molecule has 0 aliphatic heterocycles. The molecule has 156 valence electrons. The maximum Gasteiger partial charge on any atom is 0.281 e. The van der Waals surface area contributed by atoms with Crippen molar-refractivity contribution in [3.05, 3.63) is 87.2 Å². The molecule has 1 N–H and O–H groups in total. The summed E-state index contributed by atoms with van der Waals surface area (Å²) < 4.78 is 5.99. The van der Waals surface area contributed by atoms with E-state index in [4.69, 9.17) is 4.74 Å². The molecule has 0 bridgehead atoms. The molecule has 31 heavy (non-hydrogen) atoms. The fourth-order valence-corrected chi connectivity index (χ4v) is 3.05. The molecule has 0 spiro atoms. The summed E-state index contributed by atoms with van der Waals surface area (Å²) in [6.07, 6.45) is 0. The first-order valence-corrected chi connectivity index (χ1v) is 9.45. The van der Waals surface area contributed by atoms with Crippen molar-refractivity contribution in [1.82, 2.24) is 4.57 Å². The Morgan fingerprint density at radius 1 is 1.13 bits per heavy atom. The van der Waals surface area contributed by atoms with Crippen LogP contribution in [0.5, 0.6) is 5.88 Å². The SMILES string of the molecule is COCCn1c(O)c(C#N)c(C)c(N=Nc2ccccc2C(=O)c2ccccc2)c1=O. The molecule has 8 nitrogen and oxygen atoms in total. The third-order valence-electron chi connectivity index (χ3n) is 4.73. The molecular weight excluding hydrogens is 396 g/mol. The van der Waals surface area contributed by atoms with Gasteiger partial charge in [0.25, 0.3) is 5.56 Å². The van der Waals surface area contributed by atoms with Crippen molar-refractivity contribution in [2.75, 3.05) is 13.7 Å². The molecule has 3 rings (SSSR count). The maximum absolute atomic E-state index is 12.9. The Morgan fingerprint density at radius 3 is 2.48 bits per heavy atom. The molecule has 0 aliphatic rings. The highest BCUT2D eigenvalue weighted by molar-refractivity contribution is 6.11. The normalized spacial score (nSPS) is 10.9. The van der Waals surface area contributed by atoms with Crippen LogP contribution >= 0.6 is 0 Å². The van der Waals surface area contributed by atoms with Gasteiger partial charge in [-0.15, -0.1) is 10.2 Å². The molecule has 2 aromatic carbocycles. The van der Waals surface area contributed by atoms with Crippen LogP contribution in [0.15, 0.2) is 69.6 Å². The van der Waals surface area contributed by atoms with Gasteiger partial charge in [-0.2, -0.15) is 5.26 Å². The van der Waals surface area contributed by atoms with Crippen molar-refractivity contribution in [3.8, 4) is 11.9 Å². The van der Waals surface area contributed by atoms with Gasteiger partial charge >= 0.3 is 0 Å².